The number of nitrogens with one attached hydrogen (secondary N) is 1. The van der Waals surface area contributed by atoms with Gasteiger partial charge in [0.15, 0.2) is 5.65 Å². The summed E-state index contributed by atoms with van der Waals surface area (Å²) in [7, 11) is 0. The monoisotopic (exact) mass is 364 g/mol. The SMILES string of the molecule is Cc1nc2c(cnn2C(C)C)cc1C(=O)Nc1ccc(N2CCCC2)nc1. The van der Waals surface area contributed by atoms with Crippen LogP contribution in [0.25, 0.3) is 11.0 Å². The number of hydrogen-bond donors (Lipinski definition) is 1. The lowest BCUT2D eigenvalue weighted by Gasteiger charge is -2.16. The summed E-state index contributed by atoms with van der Waals surface area (Å²) in [5, 5.41) is 8.16. The third-order valence-electron chi connectivity index (χ3n) is 4.93. The van der Waals surface area contributed by atoms with E-state index in [0.717, 1.165) is 29.9 Å². The Morgan fingerprint density at radius 1 is 1.19 bits per heavy atom. The van der Waals surface area contributed by atoms with Gasteiger partial charge < -0.3 is 10.2 Å². The van der Waals surface area contributed by atoms with Gasteiger partial charge in [0.1, 0.15) is 5.82 Å². The Balaban J connectivity index is 1.55. The molecule has 3 aromatic rings. The van der Waals surface area contributed by atoms with Crippen molar-refractivity contribution in [3.63, 3.8) is 0 Å². The summed E-state index contributed by atoms with van der Waals surface area (Å²) in [5.74, 6) is 0.779. The summed E-state index contributed by atoms with van der Waals surface area (Å²) in [6.07, 6.45) is 5.89. The number of aryl methyl sites for hydroxylation is 1. The zero-order valence-electron chi connectivity index (χ0n) is 15.9. The van der Waals surface area contributed by atoms with E-state index < -0.39 is 0 Å². The quantitative estimate of drug-likeness (QED) is 0.766. The number of fused-ring (bicyclic) bond motifs is 1. The predicted octanol–water partition coefficient (Wildman–Crippen LogP) is 3.57. The van der Waals surface area contributed by atoms with Gasteiger partial charge in [0, 0.05) is 24.5 Å². The molecule has 0 atom stereocenters. The molecule has 1 fully saturated rings. The number of carbonyl (C=O) groups excluding carboxylic acids is 1. The molecule has 0 spiro atoms. The molecule has 4 rings (SSSR count). The number of carbonyl (C=O) groups is 1. The minimum atomic E-state index is -0.185. The van der Waals surface area contributed by atoms with Crippen molar-refractivity contribution in [2.45, 2.75) is 39.7 Å². The number of aromatic nitrogens is 4. The van der Waals surface area contributed by atoms with Crippen LogP contribution in [0.1, 0.15) is 48.8 Å². The summed E-state index contributed by atoms with van der Waals surface area (Å²) >= 11 is 0. The summed E-state index contributed by atoms with van der Waals surface area (Å²) in [4.78, 5) is 24.1. The van der Waals surface area contributed by atoms with E-state index in [0.29, 0.717) is 16.9 Å². The fourth-order valence-corrected chi connectivity index (χ4v) is 3.47. The third kappa shape index (κ3) is 3.37. The van der Waals surface area contributed by atoms with E-state index in [1.807, 2.05) is 29.8 Å². The molecule has 3 aromatic heterocycles. The number of amides is 1. The van der Waals surface area contributed by atoms with E-state index in [4.69, 9.17) is 0 Å². The highest BCUT2D eigenvalue weighted by atomic mass is 16.1. The van der Waals surface area contributed by atoms with Crippen molar-refractivity contribution < 1.29 is 4.79 Å². The van der Waals surface area contributed by atoms with Crippen molar-refractivity contribution in [3.05, 3.63) is 41.9 Å². The van der Waals surface area contributed by atoms with Gasteiger partial charge in [0.25, 0.3) is 5.91 Å². The molecule has 0 saturated carbocycles. The molecule has 1 aliphatic rings. The van der Waals surface area contributed by atoms with E-state index in [1.165, 1.54) is 12.8 Å². The van der Waals surface area contributed by atoms with Crippen LogP contribution in [-0.2, 0) is 0 Å². The fraction of sp³-hybridized carbons (Fsp3) is 0.400. The van der Waals surface area contributed by atoms with E-state index in [1.54, 1.807) is 12.4 Å². The minimum absolute atomic E-state index is 0.185. The summed E-state index contributed by atoms with van der Waals surface area (Å²) in [6.45, 7) is 8.06. The molecule has 1 N–H and O–H groups in total. The topological polar surface area (TPSA) is 75.9 Å². The second kappa shape index (κ2) is 6.98. The van der Waals surface area contributed by atoms with E-state index in [9.17, 15) is 4.79 Å². The first kappa shape index (κ1) is 17.5. The van der Waals surface area contributed by atoms with Crippen molar-refractivity contribution in [2.24, 2.45) is 0 Å². The van der Waals surface area contributed by atoms with Crippen LogP contribution in [0.4, 0.5) is 11.5 Å². The van der Waals surface area contributed by atoms with Crippen LogP contribution in [0.15, 0.2) is 30.6 Å². The Hall–Kier alpha value is -2.96. The Morgan fingerprint density at radius 3 is 2.63 bits per heavy atom. The van der Waals surface area contributed by atoms with Crippen LogP contribution < -0.4 is 10.2 Å². The average molecular weight is 364 g/mol. The minimum Gasteiger partial charge on any atom is -0.357 e. The smallest absolute Gasteiger partial charge is 0.257 e. The average Bonchev–Trinajstić information content (AvgIpc) is 3.31. The van der Waals surface area contributed by atoms with Crippen LogP contribution >= 0.6 is 0 Å². The first-order chi connectivity index (χ1) is 13.0. The summed E-state index contributed by atoms with van der Waals surface area (Å²) < 4.78 is 1.87. The maximum atomic E-state index is 12.7. The van der Waals surface area contributed by atoms with Gasteiger partial charge in [-0.3, -0.25) is 4.79 Å². The number of anilines is 2. The van der Waals surface area contributed by atoms with Crippen molar-refractivity contribution in [1.82, 2.24) is 19.7 Å². The second-order valence-electron chi connectivity index (χ2n) is 7.27. The maximum absolute atomic E-state index is 12.7. The lowest BCUT2D eigenvalue weighted by atomic mass is 10.1. The Bertz CT molecular complexity index is 970. The molecule has 0 aliphatic carbocycles. The van der Waals surface area contributed by atoms with Gasteiger partial charge in [-0.05, 0) is 51.8 Å². The number of nitrogens with zero attached hydrogens (tertiary/aromatic N) is 5. The highest BCUT2D eigenvalue weighted by Crippen LogP contribution is 2.22. The highest BCUT2D eigenvalue weighted by molar-refractivity contribution is 6.06. The first-order valence-corrected chi connectivity index (χ1v) is 9.40. The molecule has 140 valence electrons. The molecule has 0 radical (unpaired) electrons. The summed E-state index contributed by atoms with van der Waals surface area (Å²) in [6, 6.07) is 5.93. The molecule has 1 amide bonds. The predicted molar refractivity (Wildman–Crippen MR) is 106 cm³/mol. The number of hydrogen-bond acceptors (Lipinski definition) is 5. The van der Waals surface area contributed by atoms with Gasteiger partial charge in [0.2, 0.25) is 0 Å². The second-order valence-corrected chi connectivity index (χ2v) is 7.27. The Kier molecular flexibility index (Phi) is 4.51. The van der Waals surface area contributed by atoms with Crippen LogP contribution in [0.2, 0.25) is 0 Å². The van der Waals surface area contributed by atoms with Crippen molar-refractivity contribution in [3.8, 4) is 0 Å². The van der Waals surface area contributed by atoms with Gasteiger partial charge in [-0.25, -0.2) is 14.6 Å². The van der Waals surface area contributed by atoms with Crippen molar-refractivity contribution in [1.29, 1.82) is 0 Å². The van der Waals surface area contributed by atoms with Gasteiger partial charge in [0.05, 0.1) is 29.3 Å². The molecule has 1 saturated heterocycles. The van der Waals surface area contributed by atoms with Crippen molar-refractivity contribution >= 4 is 28.4 Å². The molecule has 7 nitrogen and oxygen atoms in total. The van der Waals surface area contributed by atoms with Gasteiger partial charge in [-0.15, -0.1) is 0 Å². The summed E-state index contributed by atoms with van der Waals surface area (Å²) in [5.41, 5.74) is 2.72. The molecule has 1 aliphatic heterocycles. The Morgan fingerprint density at radius 2 is 1.96 bits per heavy atom. The molecular weight excluding hydrogens is 340 g/mol. The van der Waals surface area contributed by atoms with Gasteiger partial charge >= 0.3 is 0 Å². The van der Waals surface area contributed by atoms with E-state index >= 15 is 0 Å². The van der Waals surface area contributed by atoms with Crippen molar-refractivity contribution in [2.75, 3.05) is 23.3 Å². The van der Waals surface area contributed by atoms with Crippen LogP contribution in [0, 0.1) is 6.92 Å². The normalized spacial score (nSPS) is 14.3. The van der Waals surface area contributed by atoms with Crippen LogP contribution in [0.3, 0.4) is 0 Å². The fourth-order valence-electron chi connectivity index (χ4n) is 3.47. The zero-order chi connectivity index (χ0) is 19.0. The molecular formula is C20H24N6O. The molecule has 27 heavy (non-hydrogen) atoms. The molecule has 7 heteroatoms. The lowest BCUT2D eigenvalue weighted by Crippen LogP contribution is -2.19. The molecule has 0 bridgehead atoms. The molecule has 0 aromatic carbocycles. The van der Waals surface area contributed by atoms with Gasteiger partial charge in [-0.2, -0.15) is 5.10 Å². The molecule has 4 heterocycles. The van der Waals surface area contributed by atoms with E-state index in [2.05, 4.69) is 39.1 Å². The van der Waals surface area contributed by atoms with Crippen LogP contribution in [-0.4, -0.2) is 38.7 Å². The zero-order valence-corrected chi connectivity index (χ0v) is 15.9. The highest BCUT2D eigenvalue weighted by Gasteiger charge is 2.17. The largest absolute Gasteiger partial charge is 0.357 e. The lowest BCUT2D eigenvalue weighted by molar-refractivity contribution is 0.102. The third-order valence-corrected chi connectivity index (χ3v) is 4.93. The standard InChI is InChI=1S/C20H24N6O/c1-13(2)26-19-15(11-22-26)10-17(14(3)23-19)20(27)24-16-6-7-18(21-12-16)25-8-4-5-9-25/h6-7,10-13H,4-5,8-9H2,1-3H3,(H,24,27). The van der Waals surface area contributed by atoms with Gasteiger partial charge in [-0.1, -0.05) is 0 Å². The molecule has 0 unspecified atom stereocenters. The number of pyridine rings is 2. The maximum Gasteiger partial charge on any atom is 0.257 e. The first-order valence-electron chi connectivity index (χ1n) is 9.40. The number of rotatable bonds is 4. The van der Waals surface area contributed by atoms with Crippen LogP contribution in [0.5, 0.6) is 0 Å². The Labute approximate surface area is 158 Å². The van der Waals surface area contributed by atoms with E-state index in [-0.39, 0.29) is 11.9 Å².